The topological polar surface area (TPSA) is 24.5 Å². The molecule has 2 spiro atoms. The van der Waals surface area contributed by atoms with E-state index in [1.807, 2.05) is 6.20 Å². The molecule has 8 aliphatic rings. The highest BCUT2D eigenvalue weighted by Gasteiger charge is 2.61. The van der Waals surface area contributed by atoms with Crippen LogP contribution in [-0.4, -0.2) is 4.98 Å². The van der Waals surface area contributed by atoms with E-state index in [2.05, 4.69) is 232 Å². The van der Waals surface area contributed by atoms with Crippen molar-refractivity contribution in [2.45, 2.75) is 31.3 Å². The van der Waals surface area contributed by atoms with Crippen LogP contribution in [0.25, 0.3) is 95.3 Å². The number of aromatic nitrogens is 4. The quantitative estimate of drug-likeness (QED) is 0.139. The van der Waals surface area contributed by atoms with Gasteiger partial charge < -0.3 is 0 Å². The number of allylic oxidation sites excluding steroid dienone is 7. The predicted octanol–water partition coefficient (Wildman–Crippen LogP) is 12.9. The smallest absolute Gasteiger partial charge is 0.217 e. The van der Waals surface area contributed by atoms with E-state index in [0.717, 1.165) is 15.9 Å². The molecule has 0 saturated carbocycles. The average molecular weight is 933 g/mol. The van der Waals surface area contributed by atoms with Gasteiger partial charge >= 0.3 is 5.82 Å². The maximum Gasteiger partial charge on any atom is 0.331 e. The number of benzene rings is 6. The van der Waals surface area contributed by atoms with Gasteiger partial charge in [-0.3, -0.25) is 0 Å². The fraction of sp³-hybridized carbons (Fsp3) is 0.0794. The fourth-order valence-electron chi connectivity index (χ4n) is 13.5. The van der Waals surface area contributed by atoms with Crippen LogP contribution >= 0.6 is 15.9 Å². The van der Waals surface area contributed by atoms with Gasteiger partial charge in [-0.25, -0.2) is 4.57 Å². The van der Waals surface area contributed by atoms with Gasteiger partial charge in [0.1, 0.15) is 11.8 Å². The van der Waals surface area contributed by atoms with Gasteiger partial charge in [-0.1, -0.05) is 88.7 Å². The van der Waals surface area contributed by atoms with Crippen molar-refractivity contribution in [3.63, 3.8) is 0 Å². The molecule has 17 rings (SSSR count). The van der Waals surface area contributed by atoms with E-state index >= 15 is 0 Å². The van der Waals surface area contributed by atoms with E-state index in [1.165, 1.54) is 128 Å². The highest BCUT2D eigenvalue weighted by Crippen LogP contribution is 2.61. The standard InChI is InChI=1S/C63H40BrN4/c1-36-26-50-52-30-46(36)41-15-4-3-14-40(41)39-29-54-44-18-7-5-16-42(44)47-31-53-51(27-37(47)2)57-20-9-11-23-66(57)60(53)59(52)63(34-39,67-24-12-10-21-58(50)67)55-35-62(54)33-38-28-49(43-17-6-8-19-45(43)55)56(64)32-48(38)61-65-22-13-25-68(61)62/h3-32,34-35H,33H2,1-2H3/q+3/b39-34+,54-29?,55-35-,60-59?. The monoisotopic (exact) mass is 931 g/mol. The van der Waals surface area contributed by atoms with Gasteiger partial charge in [0.15, 0.2) is 17.9 Å². The highest BCUT2D eigenvalue weighted by molar-refractivity contribution is 9.10. The molecule has 316 valence electrons. The van der Waals surface area contributed by atoms with Crippen molar-refractivity contribution in [2.75, 3.05) is 0 Å². The molecule has 0 amide bonds. The lowest BCUT2D eigenvalue weighted by atomic mass is 9.64. The summed E-state index contributed by atoms with van der Waals surface area (Å²) in [6, 6.07) is 58.1. The summed E-state index contributed by atoms with van der Waals surface area (Å²) in [7, 11) is 0. The summed E-state index contributed by atoms with van der Waals surface area (Å²) in [4.78, 5) is 5.35. The molecule has 5 heteroatoms. The largest absolute Gasteiger partial charge is 0.331 e. The molecule has 2 atom stereocenters. The highest BCUT2D eigenvalue weighted by atomic mass is 79.9. The van der Waals surface area contributed by atoms with Gasteiger partial charge in [-0.05, 0) is 152 Å². The van der Waals surface area contributed by atoms with E-state index < -0.39 is 11.1 Å². The molecule has 9 aromatic rings. The number of hydrogen-bond acceptors (Lipinski definition) is 1. The maximum absolute atomic E-state index is 5.35. The van der Waals surface area contributed by atoms with Gasteiger partial charge in [0, 0.05) is 64.0 Å². The van der Waals surface area contributed by atoms with Crippen molar-refractivity contribution in [2.24, 2.45) is 0 Å². The van der Waals surface area contributed by atoms with Gasteiger partial charge in [-0.15, -0.1) is 0 Å². The van der Waals surface area contributed by atoms with E-state index in [0.29, 0.717) is 6.42 Å². The maximum atomic E-state index is 5.35. The lowest BCUT2D eigenvalue weighted by molar-refractivity contribution is -0.732. The Balaban J connectivity index is 1.27. The second-order valence-corrected chi connectivity index (χ2v) is 20.4. The molecule has 0 fully saturated rings. The zero-order chi connectivity index (χ0) is 44.8. The molecule has 0 N–H and O–H groups in total. The predicted molar refractivity (Wildman–Crippen MR) is 273 cm³/mol. The summed E-state index contributed by atoms with van der Waals surface area (Å²) in [6.45, 7) is 4.61. The number of rotatable bonds is 0. The van der Waals surface area contributed by atoms with Crippen LogP contribution in [0.2, 0.25) is 0 Å². The van der Waals surface area contributed by atoms with Crippen LogP contribution in [0.15, 0.2) is 199 Å². The summed E-state index contributed by atoms with van der Waals surface area (Å²) in [6.07, 6.45) is 17.6. The molecule has 3 aromatic heterocycles. The van der Waals surface area contributed by atoms with Gasteiger partial charge in [-0.2, -0.15) is 9.13 Å². The SMILES string of the molecule is Cc1cc2c3cc1-c1ccccc1C1=C/C4=C\C5(C(=C3[n+]3ccccc3-2)c2cc(c(C)cc2-c2cccc[n+]25)-c2ccccc24)/C2=C\C13Cc1cc(c(Br)cc1-c1nccc[n+]13)-c1ccccc12. The first-order chi connectivity index (χ1) is 33.4. The Morgan fingerprint density at radius 3 is 1.88 bits per heavy atom. The summed E-state index contributed by atoms with van der Waals surface area (Å²) in [5.41, 5.74) is 27.6. The lowest BCUT2D eigenvalue weighted by Crippen LogP contribution is -2.64. The van der Waals surface area contributed by atoms with Crippen molar-refractivity contribution >= 4 is 43.9 Å². The summed E-state index contributed by atoms with van der Waals surface area (Å²) >= 11 is 4.20. The van der Waals surface area contributed by atoms with Crippen LogP contribution in [0.1, 0.15) is 44.5 Å². The zero-order valence-electron chi connectivity index (χ0n) is 37.3. The summed E-state index contributed by atoms with van der Waals surface area (Å²) in [5, 5.41) is 0. The van der Waals surface area contributed by atoms with E-state index in [4.69, 9.17) is 4.98 Å². The van der Waals surface area contributed by atoms with E-state index in [-0.39, 0.29) is 0 Å². The number of pyridine rings is 2. The first-order valence-electron chi connectivity index (χ1n) is 23.7. The van der Waals surface area contributed by atoms with Gasteiger partial charge in [0.25, 0.3) is 0 Å². The van der Waals surface area contributed by atoms with Crippen molar-refractivity contribution in [3.8, 4) is 67.3 Å². The average Bonchev–Trinajstić information content (AvgIpc) is 3.69. The Kier molecular flexibility index (Phi) is 6.99. The minimum absolute atomic E-state index is 0.714. The molecule has 6 aromatic carbocycles. The van der Waals surface area contributed by atoms with E-state index in [9.17, 15) is 0 Å². The Hall–Kier alpha value is -7.86. The van der Waals surface area contributed by atoms with Crippen molar-refractivity contribution < 1.29 is 13.7 Å². The van der Waals surface area contributed by atoms with Crippen molar-refractivity contribution in [1.29, 1.82) is 0 Å². The normalized spacial score (nSPS) is 20.9. The molecule has 2 unspecified atom stereocenters. The van der Waals surface area contributed by atoms with Crippen LogP contribution in [0.4, 0.5) is 0 Å². The Morgan fingerprint density at radius 2 is 1.10 bits per heavy atom. The third kappa shape index (κ3) is 4.42. The van der Waals surface area contributed by atoms with Crippen LogP contribution in [0.3, 0.4) is 0 Å². The minimum Gasteiger partial charge on any atom is -0.217 e. The number of hydrogen-bond donors (Lipinski definition) is 0. The van der Waals surface area contributed by atoms with Gasteiger partial charge in [0.05, 0.1) is 28.5 Å². The molecule has 68 heavy (non-hydrogen) atoms. The van der Waals surface area contributed by atoms with Crippen molar-refractivity contribution in [3.05, 3.63) is 244 Å². The number of halogens is 1. The molecule has 5 aliphatic carbocycles. The van der Waals surface area contributed by atoms with Crippen LogP contribution < -0.4 is 13.7 Å². The molecule has 4 nitrogen and oxygen atoms in total. The molecule has 0 radical (unpaired) electrons. The van der Waals surface area contributed by atoms with Crippen LogP contribution in [0.5, 0.6) is 0 Å². The molecular weight excluding hydrogens is 893 g/mol. The number of nitrogens with zero attached hydrogens (tertiary/aromatic N) is 4. The van der Waals surface area contributed by atoms with Crippen molar-refractivity contribution in [1.82, 2.24) is 4.98 Å². The fourth-order valence-corrected chi connectivity index (χ4v) is 14.1. The van der Waals surface area contributed by atoms with Crippen LogP contribution in [0, 0.1) is 13.8 Å². The Morgan fingerprint density at radius 1 is 0.485 bits per heavy atom. The zero-order valence-corrected chi connectivity index (χ0v) is 38.9. The van der Waals surface area contributed by atoms with Gasteiger partial charge in [0.2, 0.25) is 22.6 Å². The summed E-state index contributed by atoms with van der Waals surface area (Å²) < 4.78 is 8.73. The third-order valence-electron chi connectivity index (χ3n) is 16.3. The number of aryl methyl sites for hydroxylation is 2. The molecule has 3 aliphatic heterocycles. The first kappa shape index (κ1) is 37.3. The van der Waals surface area contributed by atoms with E-state index in [1.54, 1.807) is 0 Å². The second kappa shape index (κ2) is 12.8. The minimum atomic E-state index is -0.943. The lowest BCUT2D eigenvalue weighted by Gasteiger charge is -2.42. The first-order valence-corrected chi connectivity index (χ1v) is 24.5. The third-order valence-corrected chi connectivity index (χ3v) is 17.0. The number of fused-ring (bicyclic) bond motifs is 12. The molecule has 12 bridgehead atoms. The summed E-state index contributed by atoms with van der Waals surface area (Å²) in [5.74, 6) is 0.950. The molecular formula is C63H40BrN4+3. The Labute approximate surface area is 402 Å². The molecule has 0 saturated heterocycles. The van der Waals surface area contributed by atoms with Crippen LogP contribution in [-0.2, 0) is 17.5 Å². The Bertz CT molecular complexity index is 4050. The second-order valence-electron chi connectivity index (χ2n) is 19.6. The molecule has 6 heterocycles.